The summed E-state index contributed by atoms with van der Waals surface area (Å²) >= 11 is 0. The summed E-state index contributed by atoms with van der Waals surface area (Å²) < 4.78 is 11.1. The van der Waals surface area contributed by atoms with E-state index in [-0.39, 0.29) is 17.5 Å². The molecule has 0 radical (unpaired) electrons. The van der Waals surface area contributed by atoms with Crippen molar-refractivity contribution in [1.29, 1.82) is 0 Å². The Hall–Kier alpha value is -1.19. The van der Waals surface area contributed by atoms with Gasteiger partial charge < -0.3 is 9.47 Å². The molecule has 1 aliphatic rings. The van der Waals surface area contributed by atoms with Gasteiger partial charge in [-0.3, -0.25) is 4.79 Å². The fourth-order valence-electron chi connectivity index (χ4n) is 2.27. The van der Waals surface area contributed by atoms with Crippen molar-refractivity contribution in [1.82, 2.24) is 0 Å². The van der Waals surface area contributed by atoms with Gasteiger partial charge in [0.2, 0.25) is 0 Å². The summed E-state index contributed by atoms with van der Waals surface area (Å²) in [4.78, 5) is 11.7. The van der Waals surface area contributed by atoms with E-state index in [1.165, 1.54) is 6.42 Å². The van der Waals surface area contributed by atoms with Crippen LogP contribution in [0, 0.1) is 5.41 Å². The van der Waals surface area contributed by atoms with E-state index < -0.39 is 0 Å². The first-order valence-corrected chi connectivity index (χ1v) is 9.23. The number of carbonyl (C=O) groups excluding carboxylic acids is 1. The lowest BCUT2D eigenvalue weighted by Crippen LogP contribution is -2.22. The van der Waals surface area contributed by atoms with Gasteiger partial charge in [-0.05, 0) is 50.0 Å². The van der Waals surface area contributed by atoms with Gasteiger partial charge in [0.1, 0.15) is 0 Å². The van der Waals surface area contributed by atoms with Gasteiger partial charge in [-0.1, -0.05) is 51.2 Å². The molecular weight excluding hydrogens is 300 g/mol. The molecule has 1 rings (SSSR count). The maximum Gasteiger partial charge on any atom is 0.157 e. The summed E-state index contributed by atoms with van der Waals surface area (Å²) in [5.41, 5.74) is 0.0741. The van der Waals surface area contributed by atoms with Crippen LogP contribution in [0.2, 0.25) is 0 Å². The molecule has 3 nitrogen and oxygen atoms in total. The molecule has 1 heterocycles. The second-order valence-corrected chi connectivity index (χ2v) is 7.35. The van der Waals surface area contributed by atoms with Gasteiger partial charge in [0.25, 0.3) is 0 Å². The highest BCUT2D eigenvalue weighted by Crippen LogP contribution is 2.15. The molecule has 136 valence electrons. The number of ketones is 1. The van der Waals surface area contributed by atoms with Crippen molar-refractivity contribution in [3.8, 4) is 0 Å². The van der Waals surface area contributed by atoms with Crippen molar-refractivity contribution in [2.45, 2.75) is 72.0 Å². The zero-order valence-corrected chi connectivity index (χ0v) is 15.6. The third-order valence-corrected chi connectivity index (χ3v) is 3.68. The molecule has 1 saturated heterocycles. The molecular formula is C21H34O3. The molecule has 0 amide bonds. The van der Waals surface area contributed by atoms with Crippen LogP contribution < -0.4 is 0 Å². The van der Waals surface area contributed by atoms with E-state index in [0.717, 1.165) is 38.7 Å². The fourth-order valence-corrected chi connectivity index (χ4v) is 2.27. The third-order valence-electron chi connectivity index (χ3n) is 3.68. The molecule has 3 heteroatoms. The lowest BCUT2D eigenvalue weighted by atomic mass is 9.95. The largest absolute Gasteiger partial charge is 0.353 e. The molecule has 1 atom stereocenters. The smallest absolute Gasteiger partial charge is 0.157 e. The Morgan fingerprint density at radius 3 is 2.46 bits per heavy atom. The van der Waals surface area contributed by atoms with Crippen LogP contribution in [-0.2, 0) is 14.3 Å². The predicted molar refractivity (Wildman–Crippen MR) is 99.9 cm³/mol. The molecule has 0 aliphatic carbocycles. The maximum absolute atomic E-state index is 11.7. The first kappa shape index (κ1) is 20.9. The Kier molecular flexibility index (Phi) is 10.6. The van der Waals surface area contributed by atoms with Crippen molar-refractivity contribution in [2.24, 2.45) is 5.41 Å². The average Bonchev–Trinajstić information content (AvgIpc) is 2.55. The third kappa shape index (κ3) is 12.3. The zero-order chi connectivity index (χ0) is 17.7. The van der Waals surface area contributed by atoms with E-state index in [1.54, 1.807) is 6.08 Å². The van der Waals surface area contributed by atoms with Crippen molar-refractivity contribution in [3.63, 3.8) is 0 Å². The second kappa shape index (κ2) is 12.2. The SMILES string of the molecule is CC(C)(C)C=CC(=O)CCC=CCCC=CCOC1CCCCO1. The molecule has 0 N–H and O–H groups in total. The topological polar surface area (TPSA) is 35.5 Å². The number of hydrogen-bond donors (Lipinski definition) is 0. The van der Waals surface area contributed by atoms with Gasteiger partial charge in [0.15, 0.2) is 12.1 Å². The lowest BCUT2D eigenvalue weighted by Gasteiger charge is -2.21. The van der Waals surface area contributed by atoms with Crippen molar-refractivity contribution >= 4 is 5.78 Å². The Morgan fingerprint density at radius 2 is 1.79 bits per heavy atom. The first-order chi connectivity index (χ1) is 11.5. The summed E-state index contributed by atoms with van der Waals surface area (Å²) in [6.45, 7) is 7.74. The van der Waals surface area contributed by atoms with Gasteiger partial charge in [-0.25, -0.2) is 0 Å². The first-order valence-electron chi connectivity index (χ1n) is 9.23. The van der Waals surface area contributed by atoms with Crippen molar-refractivity contribution in [2.75, 3.05) is 13.2 Å². The van der Waals surface area contributed by atoms with E-state index >= 15 is 0 Å². The molecule has 0 bridgehead atoms. The lowest BCUT2D eigenvalue weighted by molar-refractivity contribution is -0.155. The molecule has 0 aromatic rings. The summed E-state index contributed by atoms with van der Waals surface area (Å²) in [7, 11) is 0. The van der Waals surface area contributed by atoms with Gasteiger partial charge in [0, 0.05) is 13.0 Å². The van der Waals surface area contributed by atoms with Crippen LogP contribution in [0.25, 0.3) is 0 Å². The standard InChI is InChI=1S/C21H34O3/c1-21(2,3)16-15-19(22)13-9-7-5-4-6-8-11-17-23-20-14-10-12-18-24-20/h5,7-8,11,15-16,20H,4,6,9-10,12-14,17-18H2,1-3H3. The summed E-state index contributed by atoms with van der Waals surface area (Å²) in [6.07, 6.45) is 18.9. The minimum atomic E-state index is -0.00633. The van der Waals surface area contributed by atoms with Crippen LogP contribution in [0.3, 0.4) is 0 Å². The molecule has 24 heavy (non-hydrogen) atoms. The van der Waals surface area contributed by atoms with Crippen LogP contribution in [0.1, 0.15) is 65.7 Å². The summed E-state index contributed by atoms with van der Waals surface area (Å²) in [5, 5.41) is 0. The second-order valence-electron chi connectivity index (χ2n) is 7.35. The van der Waals surface area contributed by atoms with E-state index in [4.69, 9.17) is 9.47 Å². The molecule has 0 aromatic carbocycles. The molecule has 1 unspecified atom stereocenters. The highest BCUT2D eigenvalue weighted by molar-refractivity contribution is 5.89. The number of carbonyl (C=O) groups is 1. The highest BCUT2D eigenvalue weighted by atomic mass is 16.7. The molecule has 0 spiro atoms. The van der Waals surface area contributed by atoms with Crippen molar-refractivity contribution in [3.05, 3.63) is 36.5 Å². The zero-order valence-electron chi connectivity index (χ0n) is 15.6. The Balaban J connectivity index is 1.98. The molecule has 1 aliphatic heterocycles. The van der Waals surface area contributed by atoms with E-state index in [2.05, 4.69) is 45.1 Å². The molecule has 1 fully saturated rings. The summed E-state index contributed by atoms with van der Waals surface area (Å²) in [6, 6.07) is 0. The fraction of sp³-hybridized carbons (Fsp3) is 0.667. The number of allylic oxidation sites excluding steroid dienone is 5. The van der Waals surface area contributed by atoms with E-state index in [1.807, 2.05) is 6.08 Å². The van der Waals surface area contributed by atoms with Crippen LogP contribution in [0.4, 0.5) is 0 Å². The number of rotatable bonds is 10. The van der Waals surface area contributed by atoms with Crippen LogP contribution in [-0.4, -0.2) is 25.3 Å². The molecule has 0 saturated carbocycles. The van der Waals surface area contributed by atoms with Gasteiger partial charge in [0.05, 0.1) is 6.61 Å². The minimum Gasteiger partial charge on any atom is -0.353 e. The normalized spacial score (nSPS) is 19.7. The number of ether oxygens (including phenoxy) is 2. The quantitative estimate of drug-likeness (QED) is 0.306. The Labute approximate surface area is 147 Å². The van der Waals surface area contributed by atoms with Gasteiger partial charge in [-0.2, -0.15) is 0 Å². The number of hydrogen-bond acceptors (Lipinski definition) is 3. The van der Waals surface area contributed by atoms with Gasteiger partial charge >= 0.3 is 0 Å². The van der Waals surface area contributed by atoms with E-state index in [9.17, 15) is 4.79 Å². The van der Waals surface area contributed by atoms with Crippen molar-refractivity contribution < 1.29 is 14.3 Å². The van der Waals surface area contributed by atoms with Crippen LogP contribution in [0.15, 0.2) is 36.5 Å². The van der Waals surface area contributed by atoms with Crippen LogP contribution in [0.5, 0.6) is 0 Å². The average molecular weight is 335 g/mol. The number of unbranched alkanes of at least 4 members (excludes halogenated alkanes) is 1. The minimum absolute atomic E-state index is 0.00633. The highest BCUT2D eigenvalue weighted by Gasteiger charge is 2.12. The Morgan fingerprint density at radius 1 is 1.08 bits per heavy atom. The molecule has 0 aromatic heterocycles. The monoisotopic (exact) mass is 334 g/mol. The van der Waals surface area contributed by atoms with Crippen LogP contribution >= 0.6 is 0 Å². The maximum atomic E-state index is 11.7. The Bertz CT molecular complexity index is 421. The van der Waals surface area contributed by atoms with E-state index in [0.29, 0.717) is 13.0 Å². The predicted octanol–water partition coefficient (Wildman–Crippen LogP) is 5.37. The summed E-state index contributed by atoms with van der Waals surface area (Å²) in [5.74, 6) is 0.205. The van der Waals surface area contributed by atoms with Gasteiger partial charge in [-0.15, -0.1) is 0 Å².